The standard InChI is InChI=1S/C16H20N6O2/c1-19-15(23)5-4-12(18-19)8-20-9-14(10-20)22-11-13(7-17-22)21-6-2-3-16(21)24/h4-5,7,11,14H,2-3,6,8-10H2,1H3. The first kappa shape index (κ1) is 15.1. The summed E-state index contributed by atoms with van der Waals surface area (Å²) in [4.78, 5) is 27.2. The van der Waals surface area contributed by atoms with Crippen LogP contribution in [0.2, 0.25) is 0 Å². The third kappa shape index (κ3) is 2.73. The second-order valence-electron chi connectivity index (χ2n) is 6.46. The summed E-state index contributed by atoms with van der Waals surface area (Å²) in [7, 11) is 1.66. The van der Waals surface area contributed by atoms with E-state index < -0.39 is 0 Å². The molecule has 4 rings (SSSR count). The van der Waals surface area contributed by atoms with Crippen molar-refractivity contribution in [2.24, 2.45) is 7.05 Å². The molecule has 2 aromatic rings. The first-order valence-corrected chi connectivity index (χ1v) is 8.20. The molecule has 0 atom stereocenters. The molecule has 0 radical (unpaired) electrons. The molecule has 2 aliphatic rings. The van der Waals surface area contributed by atoms with E-state index in [9.17, 15) is 9.59 Å². The topological polar surface area (TPSA) is 76.3 Å². The summed E-state index contributed by atoms with van der Waals surface area (Å²) in [6.45, 7) is 3.29. The maximum Gasteiger partial charge on any atom is 0.266 e. The van der Waals surface area contributed by atoms with E-state index in [0.717, 1.165) is 44.0 Å². The Labute approximate surface area is 139 Å². The van der Waals surface area contributed by atoms with E-state index in [1.165, 1.54) is 4.68 Å². The van der Waals surface area contributed by atoms with Crippen LogP contribution in [0.1, 0.15) is 24.6 Å². The summed E-state index contributed by atoms with van der Waals surface area (Å²) in [6, 6.07) is 3.65. The van der Waals surface area contributed by atoms with Crippen LogP contribution in [0.3, 0.4) is 0 Å². The molecular formula is C16H20N6O2. The number of hydrogen-bond donors (Lipinski definition) is 0. The van der Waals surface area contributed by atoms with Gasteiger partial charge in [0.2, 0.25) is 5.91 Å². The Bertz CT molecular complexity index is 820. The molecule has 0 bridgehead atoms. The number of anilines is 1. The van der Waals surface area contributed by atoms with Crippen molar-refractivity contribution < 1.29 is 4.79 Å². The highest BCUT2D eigenvalue weighted by molar-refractivity contribution is 5.95. The van der Waals surface area contributed by atoms with Crippen LogP contribution in [0.25, 0.3) is 0 Å². The van der Waals surface area contributed by atoms with Gasteiger partial charge in [-0.25, -0.2) is 4.68 Å². The van der Waals surface area contributed by atoms with Crippen LogP contribution < -0.4 is 10.5 Å². The third-order valence-corrected chi connectivity index (χ3v) is 4.69. The number of aromatic nitrogens is 4. The first-order valence-electron chi connectivity index (χ1n) is 8.20. The van der Waals surface area contributed by atoms with Gasteiger partial charge in [0.1, 0.15) is 0 Å². The fourth-order valence-electron chi connectivity index (χ4n) is 3.29. The minimum Gasteiger partial charge on any atom is -0.309 e. The zero-order chi connectivity index (χ0) is 16.7. The van der Waals surface area contributed by atoms with Crippen molar-refractivity contribution in [3.8, 4) is 0 Å². The van der Waals surface area contributed by atoms with Crippen LogP contribution in [0.5, 0.6) is 0 Å². The Morgan fingerprint density at radius 1 is 1.25 bits per heavy atom. The van der Waals surface area contributed by atoms with E-state index in [2.05, 4.69) is 15.1 Å². The number of nitrogens with zero attached hydrogens (tertiary/aromatic N) is 6. The largest absolute Gasteiger partial charge is 0.309 e. The fourth-order valence-corrected chi connectivity index (χ4v) is 3.29. The highest BCUT2D eigenvalue weighted by Crippen LogP contribution is 2.26. The van der Waals surface area contributed by atoms with Crippen LogP contribution in [-0.2, 0) is 18.4 Å². The van der Waals surface area contributed by atoms with E-state index in [0.29, 0.717) is 12.5 Å². The van der Waals surface area contributed by atoms with Gasteiger partial charge in [-0.1, -0.05) is 0 Å². The van der Waals surface area contributed by atoms with Gasteiger partial charge in [0.05, 0.1) is 23.6 Å². The molecule has 0 spiro atoms. The molecule has 2 aliphatic heterocycles. The minimum absolute atomic E-state index is 0.0965. The monoisotopic (exact) mass is 328 g/mol. The third-order valence-electron chi connectivity index (χ3n) is 4.69. The van der Waals surface area contributed by atoms with Gasteiger partial charge in [-0.15, -0.1) is 0 Å². The summed E-state index contributed by atoms with van der Waals surface area (Å²) in [5.74, 6) is 0.186. The zero-order valence-corrected chi connectivity index (χ0v) is 13.6. The Hall–Kier alpha value is -2.48. The van der Waals surface area contributed by atoms with Crippen molar-refractivity contribution in [2.75, 3.05) is 24.5 Å². The summed E-state index contributed by atoms with van der Waals surface area (Å²) >= 11 is 0. The molecule has 0 aliphatic carbocycles. The zero-order valence-electron chi connectivity index (χ0n) is 13.6. The van der Waals surface area contributed by atoms with Gasteiger partial charge in [-0.05, 0) is 12.5 Å². The molecule has 0 aromatic carbocycles. The molecule has 0 N–H and O–H groups in total. The minimum atomic E-state index is -0.0965. The number of carbonyl (C=O) groups is 1. The maximum atomic E-state index is 11.8. The molecule has 24 heavy (non-hydrogen) atoms. The van der Waals surface area contributed by atoms with Gasteiger partial charge in [-0.2, -0.15) is 10.2 Å². The van der Waals surface area contributed by atoms with Crippen molar-refractivity contribution in [1.82, 2.24) is 24.5 Å². The number of hydrogen-bond acceptors (Lipinski definition) is 5. The molecular weight excluding hydrogens is 308 g/mol. The Morgan fingerprint density at radius 3 is 2.79 bits per heavy atom. The van der Waals surface area contributed by atoms with Gasteiger partial charge in [0.25, 0.3) is 5.56 Å². The molecule has 2 fully saturated rings. The second kappa shape index (κ2) is 5.86. The highest BCUT2D eigenvalue weighted by atomic mass is 16.2. The normalized spacial score (nSPS) is 19.0. The van der Waals surface area contributed by atoms with Gasteiger partial charge in [0.15, 0.2) is 0 Å². The quantitative estimate of drug-likeness (QED) is 0.799. The van der Waals surface area contributed by atoms with Crippen LogP contribution >= 0.6 is 0 Å². The lowest BCUT2D eigenvalue weighted by Crippen LogP contribution is -2.47. The molecule has 8 nitrogen and oxygen atoms in total. The Balaban J connectivity index is 1.35. The number of carbonyl (C=O) groups excluding carboxylic acids is 1. The Kier molecular flexibility index (Phi) is 3.68. The van der Waals surface area contributed by atoms with E-state index >= 15 is 0 Å². The molecule has 4 heterocycles. The van der Waals surface area contributed by atoms with Crippen molar-refractivity contribution in [2.45, 2.75) is 25.4 Å². The van der Waals surface area contributed by atoms with Crippen molar-refractivity contribution in [1.29, 1.82) is 0 Å². The average molecular weight is 328 g/mol. The predicted octanol–water partition coefficient (Wildman–Crippen LogP) is 0.160. The maximum absolute atomic E-state index is 11.8. The number of likely N-dealkylation sites (tertiary alicyclic amines) is 1. The van der Waals surface area contributed by atoms with Crippen molar-refractivity contribution >= 4 is 11.6 Å². The molecule has 0 unspecified atom stereocenters. The highest BCUT2D eigenvalue weighted by Gasteiger charge is 2.30. The van der Waals surface area contributed by atoms with Crippen LogP contribution in [-0.4, -0.2) is 50.0 Å². The summed E-state index contributed by atoms with van der Waals surface area (Å²) in [5, 5.41) is 8.67. The molecule has 126 valence electrons. The van der Waals surface area contributed by atoms with E-state index in [-0.39, 0.29) is 11.5 Å². The lowest BCUT2D eigenvalue weighted by molar-refractivity contribution is -0.117. The van der Waals surface area contributed by atoms with Crippen molar-refractivity contribution in [3.63, 3.8) is 0 Å². The lowest BCUT2D eigenvalue weighted by atomic mass is 10.1. The number of amides is 1. The van der Waals surface area contributed by atoms with E-state index in [1.54, 1.807) is 25.4 Å². The van der Waals surface area contributed by atoms with Crippen LogP contribution in [0.15, 0.2) is 29.3 Å². The number of rotatable bonds is 4. The molecule has 1 amide bonds. The van der Waals surface area contributed by atoms with Crippen molar-refractivity contribution in [3.05, 3.63) is 40.6 Å². The summed E-state index contributed by atoms with van der Waals surface area (Å²) < 4.78 is 3.31. The van der Waals surface area contributed by atoms with Gasteiger partial charge in [-0.3, -0.25) is 19.2 Å². The molecule has 2 aromatic heterocycles. The van der Waals surface area contributed by atoms with Gasteiger partial charge in [0, 0.05) is 51.9 Å². The summed E-state index contributed by atoms with van der Waals surface area (Å²) in [6.07, 6.45) is 5.30. The fraction of sp³-hybridized carbons (Fsp3) is 0.500. The van der Waals surface area contributed by atoms with Crippen LogP contribution in [0.4, 0.5) is 5.69 Å². The predicted molar refractivity (Wildman–Crippen MR) is 87.6 cm³/mol. The Morgan fingerprint density at radius 2 is 2.08 bits per heavy atom. The lowest BCUT2D eigenvalue weighted by Gasteiger charge is -2.38. The van der Waals surface area contributed by atoms with E-state index in [1.807, 2.05) is 15.8 Å². The molecule has 2 saturated heterocycles. The number of aryl methyl sites for hydroxylation is 1. The van der Waals surface area contributed by atoms with Gasteiger partial charge < -0.3 is 4.90 Å². The smallest absolute Gasteiger partial charge is 0.266 e. The van der Waals surface area contributed by atoms with E-state index in [4.69, 9.17) is 0 Å². The molecule has 0 saturated carbocycles. The second-order valence-corrected chi connectivity index (χ2v) is 6.46. The van der Waals surface area contributed by atoms with Crippen LogP contribution in [0, 0.1) is 0 Å². The van der Waals surface area contributed by atoms with Gasteiger partial charge >= 0.3 is 0 Å². The average Bonchev–Trinajstić information content (AvgIpc) is 3.14. The SMILES string of the molecule is Cn1nc(CN2CC(n3cc(N4CCCC4=O)cn3)C2)ccc1=O. The molecule has 8 heteroatoms. The summed E-state index contributed by atoms with van der Waals surface area (Å²) in [5.41, 5.74) is 1.69. The first-order chi connectivity index (χ1) is 11.6.